The van der Waals surface area contributed by atoms with Gasteiger partial charge in [0, 0.05) is 13.2 Å². The van der Waals surface area contributed by atoms with Crippen LogP contribution in [-0.2, 0) is 9.53 Å². The molecular weight excluding hydrogens is 220 g/mol. The van der Waals surface area contributed by atoms with Gasteiger partial charge < -0.3 is 20.2 Å². The van der Waals surface area contributed by atoms with E-state index >= 15 is 0 Å². The van der Waals surface area contributed by atoms with Crippen molar-refractivity contribution in [2.24, 2.45) is 5.73 Å². The maximum atomic E-state index is 12.1. The van der Waals surface area contributed by atoms with Gasteiger partial charge in [-0.25, -0.2) is 0 Å². The zero-order valence-electron chi connectivity index (χ0n) is 9.94. The minimum Gasteiger partial charge on any atom is -0.467 e. The Labute approximate surface area is 100 Å². The summed E-state index contributed by atoms with van der Waals surface area (Å²) >= 11 is 0. The summed E-state index contributed by atoms with van der Waals surface area (Å²) in [6, 6.07) is 3.46. The second-order valence-electron chi connectivity index (χ2n) is 4.48. The molecule has 5 heteroatoms. The van der Waals surface area contributed by atoms with Crippen LogP contribution in [0.3, 0.4) is 0 Å². The molecule has 17 heavy (non-hydrogen) atoms. The summed E-state index contributed by atoms with van der Waals surface area (Å²) in [5.74, 6) is 0.596. The molecule has 0 bridgehead atoms. The van der Waals surface area contributed by atoms with E-state index in [0.29, 0.717) is 26.1 Å². The fraction of sp³-hybridized carbons (Fsp3) is 0.583. The quantitative estimate of drug-likeness (QED) is 0.822. The normalized spacial score (nSPS) is 20.8. The Morgan fingerprint density at radius 3 is 2.82 bits per heavy atom. The number of carbonyl (C=O) groups excluding carboxylic acids is 1. The number of carbonyl (C=O) groups is 1. The highest BCUT2D eigenvalue weighted by molar-refractivity contribution is 5.86. The zero-order chi connectivity index (χ0) is 12.3. The average molecular weight is 238 g/mol. The Kier molecular flexibility index (Phi) is 3.49. The first-order valence-corrected chi connectivity index (χ1v) is 5.83. The van der Waals surface area contributed by atoms with Gasteiger partial charge in [0.15, 0.2) is 0 Å². The first kappa shape index (κ1) is 12.1. The van der Waals surface area contributed by atoms with Gasteiger partial charge in [0.25, 0.3) is 0 Å². The molecule has 1 saturated heterocycles. The van der Waals surface area contributed by atoms with E-state index in [4.69, 9.17) is 14.9 Å². The molecule has 1 aliphatic heterocycles. The van der Waals surface area contributed by atoms with Crippen LogP contribution in [0.15, 0.2) is 22.8 Å². The van der Waals surface area contributed by atoms with Crippen molar-refractivity contribution >= 4 is 5.91 Å². The van der Waals surface area contributed by atoms with Crippen molar-refractivity contribution in [3.63, 3.8) is 0 Å². The average Bonchev–Trinajstić information content (AvgIpc) is 2.83. The van der Waals surface area contributed by atoms with E-state index in [1.165, 1.54) is 0 Å². The predicted molar refractivity (Wildman–Crippen MR) is 62.2 cm³/mol. The lowest BCUT2D eigenvalue weighted by Crippen LogP contribution is -2.57. The number of ether oxygens (including phenoxy) is 1. The largest absolute Gasteiger partial charge is 0.467 e. The molecule has 1 aromatic rings. The molecule has 3 N–H and O–H groups in total. The molecule has 2 heterocycles. The smallest absolute Gasteiger partial charge is 0.240 e. The van der Waals surface area contributed by atoms with E-state index in [9.17, 15) is 4.79 Å². The van der Waals surface area contributed by atoms with Crippen LogP contribution in [0, 0.1) is 0 Å². The van der Waals surface area contributed by atoms with Crippen LogP contribution in [0.25, 0.3) is 0 Å². The fourth-order valence-corrected chi connectivity index (χ4v) is 1.91. The number of nitrogens with two attached hydrogens (primary N) is 1. The number of nitrogens with one attached hydrogen (secondary N) is 1. The molecule has 1 atom stereocenters. The van der Waals surface area contributed by atoms with E-state index < -0.39 is 5.54 Å². The van der Waals surface area contributed by atoms with Gasteiger partial charge >= 0.3 is 0 Å². The Balaban J connectivity index is 1.96. The summed E-state index contributed by atoms with van der Waals surface area (Å²) in [7, 11) is 0. The van der Waals surface area contributed by atoms with Gasteiger partial charge in [0.2, 0.25) is 5.91 Å². The van der Waals surface area contributed by atoms with Crippen LogP contribution in [0.1, 0.15) is 31.6 Å². The monoisotopic (exact) mass is 238 g/mol. The maximum absolute atomic E-state index is 12.1. The number of hydrogen-bond donors (Lipinski definition) is 2. The fourth-order valence-electron chi connectivity index (χ4n) is 1.91. The van der Waals surface area contributed by atoms with Crippen LogP contribution >= 0.6 is 0 Å². The van der Waals surface area contributed by atoms with E-state index in [1.54, 1.807) is 12.3 Å². The predicted octanol–water partition coefficient (Wildman–Crippen LogP) is 0.965. The van der Waals surface area contributed by atoms with Crippen LogP contribution in [0.4, 0.5) is 0 Å². The van der Waals surface area contributed by atoms with Gasteiger partial charge in [-0.05, 0) is 31.9 Å². The molecule has 0 spiro atoms. The third kappa shape index (κ3) is 2.68. The number of furan rings is 1. The van der Waals surface area contributed by atoms with Gasteiger partial charge in [-0.15, -0.1) is 0 Å². The van der Waals surface area contributed by atoms with Crippen molar-refractivity contribution in [3.8, 4) is 0 Å². The molecular formula is C12H18N2O3. The molecule has 0 aromatic carbocycles. The summed E-state index contributed by atoms with van der Waals surface area (Å²) in [5, 5.41) is 2.88. The lowest BCUT2D eigenvalue weighted by atomic mass is 9.90. The Hall–Kier alpha value is -1.33. The molecule has 0 saturated carbocycles. The highest BCUT2D eigenvalue weighted by Gasteiger charge is 2.36. The van der Waals surface area contributed by atoms with Crippen molar-refractivity contribution < 1.29 is 13.9 Å². The molecule has 1 aliphatic rings. The summed E-state index contributed by atoms with van der Waals surface area (Å²) in [4.78, 5) is 12.1. The lowest BCUT2D eigenvalue weighted by molar-refractivity contribution is -0.130. The molecule has 0 radical (unpaired) electrons. The molecule has 1 amide bonds. The molecule has 94 valence electrons. The number of amides is 1. The zero-order valence-corrected chi connectivity index (χ0v) is 9.94. The van der Waals surface area contributed by atoms with Gasteiger partial charge in [0.1, 0.15) is 5.76 Å². The van der Waals surface area contributed by atoms with Gasteiger partial charge in [-0.2, -0.15) is 0 Å². The summed E-state index contributed by atoms with van der Waals surface area (Å²) < 4.78 is 10.4. The standard InChI is InChI=1S/C12H18N2O3/c1-9(10-3-2-6-17-10)14-11(15)12(13)4-7-16-8-5-12/h2-3,6,9H,4-5,7-8,13H2,1H3,(H,14,15)/t9-/m1/s1. The Bertz CT molecular complexity index is 369. The van der Waals surface area contributed by atoms with Crippen molar-refractivity contribution in [3.05, 3.63) is 24.2 Å². The van der Waals surface area contributed by atoms with E-state index in [0.717, 1.165) is 5.76 Å². The van der Waals surface area contributed by atoms with E-state index in [1.807, 2.05) is 13.0 Å². The van der Waals surface area contributed by atoms with E-state index in [-0.39, 0.29) is 11.9 Å². The van der Waals surface area contributed by atoms with Gasteiger partial charge in [-0.3, -0.25) is 4.79 Å². The van der Waals surface area contributed by atoms with Crippen LogP contribution in [0.2, 0.25) is 0 Å². The number of rotatable bonds is 3. The van der Waals surface area contributed by atoms with Crippen molar-refractivity contribution in [1.29, 1.82) is 0 Å². The second kappa shape index (κ2) is 4.89. The first-order valence-electron chi connectivity index (χ1n) is 5.83. The molecule has 5 nitrogen and oxygen atoms in total. The highest BCUT2D eigenvalue weighted by Crippen LogP contribution is 2.20. The molecule has 1 aromatic heterocycles. The minimum absolute atomic E-state index is 0.135. The molecule has 1 fully saturated rings. The number of hydrogen-bond acceptors (Lipinski definition) is 4. The highest BCUT2D eigenvalue weighted by atomic mass is 16.5. The minimum atomic E-state index is -0.806. The third-order valence-corrected chi connectivity index (χ3v) is 3.15. The van der Waals surface area contributed by atoms with Gasteiger partial charge in [-0.1, -0.05) is 0 Å². The lowest BCUT2D eigenvalue weighted by Gasteiger charge is -2.32. The van der Waals surface area contributed by atoms with Crippen LogP contribution in [-0.4, -0.2) is 24.7 Å². The SMILES string of the molecule is C[C@@H](NC(=O)C1(N)CCOCC1)c1ccco1. The van der Waals surface area contributed by atoms with Crippen molar-refractivity contribution in [2.75, 3.05) is 13.2 Å². The van der Waals surface area contributed by atoms with Crippen molar-refractivity contribution in [2.45, 2.75) is 31.3 Å². The Morgan fingerprint density at radius 1 is 1.53 bits per heavy atom. The summed E-state index contributed by atoms with van der Waals surface area (Å²) in [6.07, 6.45) is 2.71. The van der Waals surface area contributed by atoms with Gasteiger partial charge in [0.05, 0.1) is 17.8 Å². The summed E-state index contributed by atoms with van der Waals surface area (Å²) in [6.45, 7) is 2.96. The maximum Gasteiger partial charge on any atom is 0.240 e. The second-order valence-corrected chi connectivity index (χ2v) is 4.48. The Morgan fingerprint density at radius 2 is 2.24 bits per heavy atom. The van der Waals surface area contributed by atoms with E-state index in [2.05, 4.69) is 5.32 Å². The van der Waals surface area contributed by atoms with Crippen LogP contribution < -0.4 is 11.1 Å². The molecule has 0 aliphatic carbocycles. The molecule has 2 rings (SSSR count). The van der Waals surface area contributed by atoms with Crippen LogP contribution in [0.5, 0.6) is 0 Å². The molecule has 0 unspecified atom stereocenters. The van der Waals surface area contributed by atoms with Crippen molar-refractivity contribution in [1.82, 2.24) is 5.32 Å². The topological polar surface area (TPSA) is 77.5 Å². The first-order chi connectivity index (χ1) is 8.12. The summed E-state index contributed by atoms with van der Waals surface area (Å²) in [5.41, 5.74) is 5.28. The third-order valence-electron chi connectivity index (χ3n) is 3.15.